The van der Waals surface area contributed by atoms with Crippen molar-refractivity contribution in [3.63, 3.8) is 0 Å². The molecule has 1 aromatic heterocycles. The standard InChI is InChI=1S/C11H16ClN3/c12-10-5-8(7-13)6-11(15-10)14-9-3-1-2-4-9/h5-6,9H,1-4,7,13H2,(H,14,15). The fraction of sp³-hybridized carbons (Fsp3) is 0.545. The van der Waals surface area contributed by atoms with Crippen LogP contribution in [0.1, 0.15) is 31.2 Å². The molecule has 0 amide bonds. The highest BCUT2D eigenvalue weighted by atomic mass is 35.5. The summed E-state index contributed by atoms with van der Waals surface area (Å²) in [5, 5.41) is 3.92. The van der Waals surface area contributed by atoms with Gasteiger partial charge >= 0.3 is 0 Å². The van der Waals surface area contributed by atoms with Crippen molar-refractivity contribution in [3.05, 3.63) is 22.8 Å². The number of hydrogen-bond donors (Lipinski definition) is 2. The Morgan fingerprint density at radius 2 is 2.13 bits per heavy atom. The third-order valence-electron chi connectivity index (χ3n) is 2.80. The summed E-state index contributed by atoms with van der Waals surface area (Å²) in [4.78, 5) is 4.24. The van der Waals surface area contributed by atoms with Crippen LogP contribution in [0.5, 0.6) is 0 Å². The summed E-state index contributed by atoms with van der Waals surface area (Å²) in [6.07, 6.45) is 5.07. The summed E-state index contributed by atoms with van der Waals surface area (Å²) < 4.78 is 0. The van der Waals surface area contributed by atoms with E-state index in [4.69, 9.17) is 17.3 Å². The predicted molar refractivity (Wildman–Crippen MR) is 63.0 cm³/mol. The lowest BCUT2D eigenvalue weighted by atomic mass is 10.2. The molecule has 1 saturated carbocycles. The first-order valence-corrected chi connectivity index (χ1v) is 5.79. The van der Waals surface area contributed by atoms with Crippen LogP contribution < -0.4 is 11.1 Å². The molecule has 0 unspecified atom stereocenters. The Balaban J connectivity index is 2.09. The first-order valence-electron chi connectivity index (χ1n) is 5.41. The summed E-state index contributed by atoms with van der Waals surface area (Å²) >= 11 is 5.91. The van der Waals surface area contributed by atoms with Crippen LogP contribution in [0.15, 0.2) is 12.1 Å². The summed E-state index contributed by atoms with van der Waals surface area (Å²) in [5.74, 6) is 0.856. The molecule has 4 heteroatoms. The smallest absolute Gasteiger partial charge is 0.131 e. The van der Waals surface area contributed by atoms with Crippen LogP contribution in [0, 0.1) is 0 Å². The molecule has 0 saturated heterocycles. The Labute approximate surface area is 95.0 Å². The van der Waals surface area contributed by atoms with Crippen molar-refractivity contribution in [1.29, 1.82) is 0 Å². The van der Waals surface area contributed by atoms with Crippen LogP contribution in [0.3, 0.4) is 0 Å². The molecular weight excluding hydrogens is 210 g/mol. The second-order valence-electron chi connectivity index (χ2n) is 4.01. The van der Waals surface area contributed by atoms with Gasteiger partial charge in [0.05, 0.1) is 0 Å². The van der Waals surface area contributed by atoms with Gasteiger partial charge in [0, 0.05) is 12.6 Å². The molecule has 1 aliphatic carbocycles. The highest BCUT2D eigenvalue weighted by Gasteiger charge is 2.15. The van der Waals surface area contributed by atoms with Gasteiger partial charge in [-0.05, 0) is 30.5 Å². The second kappa shape index (κ2) is 4.81. The SMILES string of the molecule is NCc1cc(Cl)nc(NC2CCCC2)c1. The fourth-order valence-electron chi connectivity index (χ4n) is 2.02. The first-order chi connectivity index (χ1) is 7.28. The van der Waals surface area contributed by atoms with Crippen LogP contribution in [-0.2, 0) is 6.54 Å². The maximum absolute atomic E-state index is 5.91. The van der Waals surface area contributed by atoms with Crippen molar-refractivity contribution < 1.29 is 0 Å². The van der Waals surface area contributed by atoms with Gasteiger partial charge < -0.3 is 11.1 Å². The second-order valence-corrected chi connectivity index (χ2v) is 4.40. The molecule has 1 heterocycles. The van der Waals surface area contributed by atoms with Gasteiger partial charge in [-0.15, -0.1) is 0 Å². The highest BCUT2D eigenvalue weighted by Crippen LogP contribution is 2.22. The zero-order valence-corrected chi connectivity index (χ0v) is 9.43. The molecule has 0 bridgehead atoms. The van der Waals surface area contributed by atoms with Crippen LogP contribution in [0.2, 0.25) is 5.15 Å². The van der Waals surface area contributed by atoms with Gasteiger partial charge in [-0.3, -0.25) is 0 Å². The topological polar surface area (TPSA) is 50.9 Å². The third kappa shape index (κ3) is 2.83. The van der Waals surface area contributed by atoms with Crippen LogP contribution in [0.25, 0.3) is 0 Å². The van der Waals surface area contributed by atoms with E-state index in [0.717, 1.165) is 11.4 Å². The Bertz CT molecular complexity index is 335. The van der Waals surface area contributed by atoms with Crippen molar-refractivity contribution in [3.8, 4) is 0 Å². The van der Waals surface area contributed by atoms with E-state index in [1.54, 1.807) is 6.07 Å². The monoisotopic (exact) mass is 225 g/mol. The Morgan fingerprint density at radius 1 is 1.40 bits per heavy atom. The van der Waals surface area contributed by atoms with Crippen LogP contribution >= 0.6 is 11.6 Å². The zero-order valence-electron chi connectivity index (χ0n) is 8.67. The number of aromatic nitrogens is 1. The number of pyridine rings is 1. The van der Waals surface area contributed by atoms with Crippen molar-refractivity contribution >= 4 is 17.4 Å². The number of nitrogens with one attached hydrogen (secondary N) is 1. The van der Waals surface area contributed by atoms with Gasteiger partial charge in [-0.25, -0.2) is 4.98 Å². The van der Waals surface area contributed by atoms with E-state index < -0.39 is 0 Å². The number of rotatable bonds is 3. The predicted octanol–water partition coefficient (Wildman–Crippen LogP) is 2.55. The van der Waals surface area contributed by atoms with E-state index in [1.807, 2.05) is 6.07 Å². The Kier molecular flexibility index (Phi) is 3.44. The number of anilines is 1. The Morgan fingerprint density at radius 3 is 2.80 bits per heavy atom. The maximum Gasteiger partial charge on any atom is 0.131 e. The van der Waals surface area contributed by atoms with Crippen molar-refractivity contribution in [2.24, 2.45) is 5.73 Å². The molecule has 0 aromatic carbocycles. The summed E-state index contributed by atoms with van der Waals surface area (Å²) in [6.45, 7) is 0.502. The van der Waals surface area contributed by atoms with Gasteiger partial charge in [0.15, 0.2) is 0 Å². The summed E-state index contributed by atoms with van der Waals surface area (Å²) in [6, 6.07) is 4.34. The van der Waals surface area contributed by atoms with E-state index in [2.05, 4.69) is 10.3 Å². The first kappa shape index (κ1) is 10.7. The number of nitrogens with two attached hydrogens (primary N) is 1. The van der Waals surface area contributed by atoms with Gasteiger partial charge in [0.1, 0.15) is 11.0 Å². The molecule has 3 N–H and O–H groups in total. The summed E-state index contributed by atoms with van der Waals surface area (Å²) in [5.41, 5.74) is 6.61. The number of halogens is 1. The van der Waals surface area contributed by atoms with Crippen molar-refractivity contribution in [1.82, 2.24) is 4.98 Å². The molecule has 2 rings (SSSR count). The molecular formula is C11H16ClN3. The quantitative estimate of drug-likeness (QED) is 0.778. The molecule has 3 nitrogen and oxygen atoms in total. The number of hydrogen-bond acceptors (Lipinski definition) is 3. The minimum absolute atomic E-state index is 0.502. The summed E-state index contributed by atoms with van der Waals surface area (Å²) in [7, 11) is 0. The van der Waals surface area contributed by atoms with Crippen molar-refractivity contribution in [2.75, 3.05) is 5.32 Å². The third-order valence-corrected chi connectivity index (χ3v) is 2.99. The Hall–Kier alpha value is -0.800. The molecule has 0 radical (unpaired) electrons. The fourth-order valence-corrected chi connectivity index (χ4v) is 2.25. The highest BCUT2D eigenvalue weighted by molar-refractivity contribution is 6.29. The van der Waals surface area contributed by atoms with E-state index in [-0.39, 0.29) is 0 Å². The minimum atomic E-state index is 0.502. The lowest BCUT2D eigenvalue weighted by Gasteiger charge is -2.13. The lowest BCUT2D eigenvalue weighted by molar-refractivity contribution is 0.750. The molecule has 0 aliphatic heterocycles. The number of nitrogens with zero attached hydrogens (tertiary/aromatic N) is 1. The zero-order chi connectivity index (χ0) is 10.7. The van der Waals surface area contributed by atoms with E-state index >= 15 is 0 Å². The maximum atomic E-state index is 5.91. The van der Waals surface area contributed by atoms with Gasteiger partial charge in [-0.2, -0.15) is 0 Å². The average Bonchev–Trinajstić information content (AvgIpc) is 2.69. The molecule has 1 aromatic rings. The normalized spacial score (nSPS) is 16.9. The van der Waals surface area contributed by atoms with E-state index in [9.17, 15) is 0 Å². The molecule has 1 fully saturated rings. The van der Waals surface area contributed by atoms with Crippen LogP contribution in [-0.4, -0.2) is 11.0 Å². The molecule has 0 spiro atoms. The molecule has 0 atom stereocenters. The van der Waals surface area contributed by atoms with Crippen molar-refractivity contribution in [2.45, 2.75) is 38.3 Å². The average molecular weight is 226 g/mol. The van der Waals surface area contributed by atoms with Gasteiger partial charge in [0.25, 0.3) is 0 Å². The molecule has 15 heavy (non-hydrogen) atoms. The van der Waals surface area contributed by atoms with E-state index in [0.29, 0.717) is 17.7 Å². The van der Waals surface area contributed by atoms with Gasteiger partial charge in [-0.1, -0.05) is 24.4 Å². The molecule has 1 aliphatic rings. The largest absolute Gasteiger partial charge is 0.367 e. The lowest BCUT2D eigenvalue weighted by Crippen LogP contribution is -2.15. The van der Waals surface area contributed by atoms with Gasteiger partial charge in [0.2, 0.25) is 0 Å². The van der Waals surface area contributed by atoms with Crippen LogP contribution in [0.4, 0.5) is 5.82 Å². The molecule has 82 valence electrons. The van der Waals surface area contributed by atoms with E-state index in [1.165, 1.54) is 25.7 Å². The minimum Gasteiger partial charge on any atom is -0.367 e.